The lowest BCUT2D eigenvalue weighted by Gasteiger charge is -2.25. The molecule has 2 heteroatoms. The van der Waals surface area contributed by atoms with Crippen LogP contribution in [0.15, 0.2) is 24.3 Å². The summed E-state index contributed by atoms with van der Waals surface area (Å²) in [7, 11) is 3.97. The van der Waals surface area contributed by atoms with Crippen LogP contribution >= 0.6 is 0 Å². The first-order valence-electron chi connectivity index (χ1n) is 3.88. The molecule has 1 aliphatic rings. The van der Waals surface area contributed by atoms with E-state index in [9.17, 15) is 0 Å². The minimum Gasteiger partial charge on any atom is -0.395 e. The van der Waals surface area contributed by atoms with Gasteiger partial charge in [-0.1, -0.05) is 24.3 Å². The SMILES string of the molecule is CN(C)C(CO)C1C=CC=C1. The maximum Gasteiger partial charge on any atom is 0.0595 e. The van der Waals surface area contributed by atoms with Crippen LogP contribution in [0.5, 0.6) is 0 Å². The number of nitrogens with zero attached hydrogens (tertiary/aromatic N) is 1. The average Bonchev–Trinajstić information content (AvgIpc) is 2.40. The van der Waals surface area contributed by atoms with Crippen molar-refractivity contribution >= 4 is 0 Å². The van der Waals surface area contributed by atoms with Gasteiger partial charge in [-0.3, -0.25) is 0 Å². The molecule has 2 nitrogen and oxygen atoms in total. The first-order chi connectivity index (χ1) is 5.25. The minimum atomic E-state index is 0.215. The summed E-state index contributed by atoms with van der Waals surface area (Å²) in [4.78, 5) is 2.05. The molecule has 0 spiro atoms. The van der Waals surface area contributed by atoms with Gasteiger partial charge in [0.05, 0.1) is 6.61 Å². The monoisotopic (exact) mass is 153 g/mol. The fraction of sp³-hybridized carbons (Fsp3) is 0.556. The van der Waals surface area contributed by atoms with Crippen LogP contribution < -0.4 is 0 Å². The van der Waals surface area contributed by atoms with Crippen LogP contribution in [0.3, 0.4) is 0 Å². The summed E-state index contributed by atoms with van der Waals surface area (Å²) >= 11 is 0. The third-order valence-corrected chi connectivity index (χ3v) is 2.07. The molecular weight excluding hydrogens is 138 g/mol. The third-order valence-electron chi connectivity index (χ3n) is 2.07. The van der Waals surface area contributed by atoms with Crippen LogP contribution in [-0.4, -0.2) is 36.8 Å². The van der Waals surface area contributed by atoms with Crippen molar-refractivity contribution in [3.63, 3.8) is 0 Å². The highest BCUT2D eigenvalue weighted by Gasteiger charge is 2.18. The Balaban J connectivity index is 2.55. The molecule has 0 bridgehead atoms. The van der Waals surface area contributed by atoms with Gasteiger partial charge in [-0.05, 0) is 14.1 Å². The quantitative estimate of drug-likeness (QED) is 0.643. The van der Waals surface area contributed by atoms with Gasteiger partial charge in [-0.25, -0.2) is 0 Å². The summed E-state index contributed by atoms with van der Waals surface area (Å²) < 4.78 is 0. The van der Waals surface area contributed by atoms with Crippen molar-refractivity contribution in [2.75, 3.05) is 20.7 Å². The number of rotatable bonds is 3. The molecule has 1 atom stereocenters. The van der Waals surface area contributed by atoms with Crippen LogP contribution in [0.4, 0.5) is 0 Å². The molecule has 0 aromatic carbocycles. The summed E-state index contributed by atoms with van der Waals surface area (Å²) in [6.07, 6.45) is 8.27. The van der Waals surface area contributed by atoms with Gasteiger partial charge in [0, 0.05) is 12.0 Å². The van der Waals surface area contributed by atoms with Crippen molar-refractivity contribution in [2.45, 2.75) is 6.04 Å². The topological polar surface area (TPSA) is 23.5 Å². The van der Waals surface area contributed by atoms with Crippen LogP contribution in [-0.2, 0) is 0 Å². The molecule has 0 aromatic heterocycles. The lowest BCUT2D eigenvalue weighted by Crippen LogP contribution is -2.36. The van der Waals surface area contributed by atoms with E-state index in [0.717, 1.165) is 0 Å². The molecule has 0 aromatic rings. The summed E-state index contributed by atoms with van der Waals surface area (Å²) in [5.74, 6) is 0.384. The second kappa shape index (κ2) is 3.69. The van der Waals surface area contributed by atoms with Crippen LogP contribution in [0, 0.1) is 5.92 Å². The molecule has 1 aliphatic carbocycles. The van der Waals surface area contributed by atoms with E-state index in [-0.39, 0.29) is 12.6 Å². The number of likely N-dealkylation sites (N-methyl/N-ethyl adjacent to an activating group) is 1. The second-order valence-corrected chi connectivity index (χ2v) is 3.06. The van der Waals surface area contributed by atoms with E-state index in [1.807, 2.05) is 31.1 Å². The van der Waals surface area contributed by atoms with E-state index < -0.39 is 0 Å². The highest BCUT2D eigenvalue weighted by Crippen LogP contribution is 2.16. The Hall–Kier alpha value is -0.600. The Kier molecular flexibility index (Phi) is 2.85. The Morgan fingerprint density at radius 3 is 2.27 bits per heavy atom. The molecular formula is C9H15NO. The molecule has 0 heterocycles. The highest BCUT2D eigenvalue weighted by atomic mass is 16.3. The van der Waals surface area contributed by atoms with Crippen molar-refractivity contribution in [3.8, 4) is 0 Å². The normalized spacial score (nSPS) is 20.0. The predicted molar refractivity (Wildman–Crippen MR) is 46.3 cm³/mol. The predicted octanol–water partition coefficient (Wildman–Crippen LogP) is 0.651. The standard InChI is InChI=1S/C9H15NO/c1-10(2)9(7-11)8-5-3-4-6-8/h3-6,8-9,11H,7H2,1-2H3. The molecule has 0 saturated heterocycles. The van der Waals surface area contributed by atoms with E-state index in [4.69, 9.17) is 5.11 Å². The smallest absolute Gasteiger partial charge is 0.0595 e. The summed E-state index contributed by atoms with van der Waals surface area (Å²) in [6.45, 7) is 0.215. The van der Waals surface area contributed by atoms with Gasteiger partial charge < -0.3 is 10.0 Å². The van der Waals surface area contributed by atoms with Gasteiger partial charge in [-0.2, -0.15) is 0 Å². The zero-order valence-corrected chi connectivity index (χ0v) is 7.07. The molecule has 0 amide bonds. The molecule has 0 fully saturated rings. The van der Waals surface area contributed by atoms with Crippen molar-refractivity contribution in [1.82, 2.24) is 4.90 Å². The Bertz CT molecular complexity index is 160. The molecule has 11 heavy (non-hydrogen) atoms. The molecule has 0 saturated carbocycles. The molecule has 1 unspecified atom stereocenters. The van der Waals surface area contributed by atoms with E-state index in [1.54, 1.807) is 0 Å². The second-order valence-electron chi connectivity index (χ2n) is 3.06. The fourth-order valence-electron chi connectivity index (χ4n) is 1.33. The first-order valence-corrected chi connectivity index (χ1v) is 3.88. The third kappa shape index (κ3) is 1.91. The van der Waals surface area contributed by atoms with Crippen molar-refractivity contribution in [2.24, 2.45) is 5.92 Å². The number of aliphatic hydroxyl groups is 1. The number of hydrogen-bond acceptors (Lipinski definition) is 2. The molecule has 1 N–H and O–H groups in total. The lowest BCUT2D eigenvalue weighted by atomic mass is 10.0. The summed E-state index contributed by atoms with van der Waals surface area (Å²) in [5, 5.41) is 9.05. The maximum atomic E-state index is 9.05. The van der Waals surface area contributed by atoms with E-state index in [1.165, 1.54) is 0 Å². The number of aliphatic hydroxyl groups excluding tert-OH is 1. The van der Waals surface area contributed by atoms with Crippen molar-refractivity contribution in [3.05, 3.63) is 24.3 Å². The lowest BCUT2D eigenvalue weighted by molar-refractivity contribution is 0.151. The first kappa shape index (κ1) is 8.50. The average molecular weight is 153 g/mol. The van der Waals surface area contributed by atoms with Crippen LogP contribution in [0.1, 0.15) is 0 Å². The van der Waals surface area contributed by atoms with Gasteiger partial charge in [0.25, 0.3) is 0 Å². The van der Waals surface area contributed by atoms with Crippen LogP contribution in [0.25, 0.3) is 0 Å². The van der Waals surface area contributed by atoms with Gasteiger partial charge in [0.1, 0.15) is 0 Å². The Labute approximate surface area is 67.8 Å². The zero-order chi connectivity index (χ0) is 8.27. The Morgan fingerprint density at radius 1 is 1.36 bits per heavy atom. The van der Waals surface area contributed by atoms with Crippen molar-refractivity contribution < 1.29 is 5.11 Å². The fourth-order valence-corrected chi connectivity index (χ4v) is 1.33. The van der Waals surface area contributed by atoms with Gasteiger partial charge in [-0.15, -0.1) is 0 Å². The van der Waals surface area contributed by atoms with E-state index in [2.05, 4.69) is 12.2 Å². The molecule has 0 aliphatic heterocycles. The van der Waals surface area contributed by atoms with E-state index >= 15 is 0 Å². The van der Waals surface area contributed by atoms with Gasteiger partial charge in [0.15, 0.2) is 0 Å². The molecule has 0 radical (unpaired) electrons. The minimum absolute atomic E-state index is 0.215. The number of allylic oxidation sites excluding steroid dienone is 2. The van der Waals surface area contributed by atoms with E-state index in [0.29, 0.717) is 5.92 Å². The van der Waals surface area contributed by atoms with Crippen molar-refractivity contribution in [1.29, 1.82) is 0 Å². The number of hydrogen-bond donors (Lipinski definition) is 1. The van der Waals surface area contributed by atoms with Gasteiger partial charge in [0.2, 0.25) is 0 Å². The van der Waals surface area contributed by atoms with Crippen LogP contribution in [0.2, 0.25) is 0 Å². The summed E-state index contributed by atoms with van der Waals surface area (Å²) in [6, 6.07) is 0.227. The zero-order valence-electron chi connectivity index (χ0n) is 7.07. The largest absolute Gasteiger partial charge is 0.395 e. The molecule has 62 valence electrons. The summed E-state index contributed by atoms with van der Waals surface area (Å²) in [5.41, 5.74) is 0. The highest BCUT2D eigenvalue weighted by molar-refractivity contribution is 5.19. The van der Waals surface area contributed by atoms with Gasteiger partial charge >= 0.3 is 0 Å². The molecule has 1 rings (SSSR count). The maximum absolute atomic E-state index is 9.05. The Morgan fingerprint density at radius 2 is 1.91 bits per heavy atom.